The van der Waals surface area contributed by atoms with Gasteiger partial charge in [-0.05, 0) is 6.42 Å². The fraction of sp³-hybridized carbons (Fsp3) is 0.667. The maximum absolute atomic E-state index is 9.91. The average molecular weight is 147 g/mol. The van der Waals surface area contributed by atoms with Gasteiger partial charge in [0.05, 0.1) is 8.20 Å². The molecule has 0 aromatic carbocycles. The number of unbranched alkanes of at least 4 members (excludes halogenated alkanes) is 1. The van der Waals surface area contributed by atoms with Crippen LogP contribution in [0.25, 0.3) is 0 Å². The summed E-state index contributed by atoms with van der Waals surface area (Å²) in [5.41, 5.74) is 0. The standard InChI is InChI=1S/C6H11O2P/c1-2-3-4-9-5-6(7)8/h5H,2-4H2,1H3,(H,7,8)/p+1. The van der Waals surface area contributed by atoms with Gasteiger partial charge in [0.1, 0.15) is 6.16 Å². The highest BCUT2D eigenvalue weighted by molar-refractivity contribution is 7.40. The van der Waals surface area contributed by atoms with E-state index in [9.17, 15) is 4.79 Å². The molecule has 0 aromatic heterocycles. The molecule has 0 spiro atoms. The maximum Gasteiger partial charge on any atom is 0.370 e. The lowest BCUT2D eigenvalue weighted by Gasteiger charge is -1.77. The molecular weight excluding hydrogens is 135 g/mol. The van der Waals surface area contributed by atoms with Crippen molar-refractivity contribution in [2.45, 2.75) is 19.8 Å². The molecule has 0 amide bonds. The molecule has 0 aliphatic rings. The van der Waals surface area contributed by atoms with Crippen LogP contribution in [-0.4, -0.2) is 23.0 Å². The minimum absolute atomic E-state index is 0.495. The van der Waals surface area contributed by atoms with Crippen molar-refractivity contribution < 1.29 is 9.90 Å². The third-order valence-electron chi connectivity index (χ3n) is 0.900. The smallest absolute Gasteiger partial charge is 0.370 e. The second-order valence-electron chi connectivity index (χ2n) is 1.79. The summed E-state index contributed by atoms with van der Waals surface area (Å²) < 4.78 is 0. The molecule has 0 saturated heterocycles. The van der Waals surface area contributed by atoms with Crippen molar-refractivity contribution in [2.24, 2.45) is 0 Å². The molecule has 0 saturated carbocycles. The van der Waals surface area contributed by atoms with Gasteiger partial charge in [0, 0.05) is 0 Å². The fourth-order valence-electron chi connectivity index (χ4n) is 0.438. The Morgan fingerprint density at radius 1 is 1.78 bits per heavy atom. The number of carbonyl (C=O) groups is 1. The van der Waals surface area contributed by atoms with Crippen molar-refractivity contribution in [3.8, 4) is 0 Å². The van der Waals surface area contributed by atoms with Crippen LogP contribution in [0.5, 0.6) is 0 Å². The van der Waals surface area contributed by atoms with Crippen molar-refractivity contribution in [2.75, 3.05) is 6.16 Å². The van der Waals surface area contributed by atoms with Crippen molar-refractivity contribution in [1.29, 1.82) is 0 Å². The largest absolute Gasteiger partial charge is 0.475 e. The van der Waals surface area contributed by atoms with Crippen LogP contribution in [0.1, 0.15) is 19.8 Å². The summed E-state index contributed by atoms with van der Waals surface area (Å²) in [6.07, 6.45) is 3.32. The summed E-state index contributed by atoms with van der Waals surface area (Å²) in [4.78, 5) is 9.91. The Hall–Kier alpha value is -0.360. The Labute approximate surface area is 56.7 Å². The molecule has 2 nitrogen and oxygen atoms in total. The van der Waals surface area contributed by atoms with E-state index < -0.39 is 5.97 Å². The molecule has 0 aliphatic carbocycles. The zero-order chi connectivity index (χ0) is 7.11. The van der Waals surface area contributed by atoms with Crippen molar-refractivity contribution in [3.05, 3.63) is 0 Å². The molecule has 9 heavy (non-hydrogen) atoms. The van der Waals surface area contributed by atoms with Crippen molar-refractivity contribution >= 4 is 20.0 Å². The third-order valence-corrected chi connectivity index (χ3v) is 1.99. The van der Waals surface area contributed by atoms with E-state index in [1.54, 1.807) is 0 Å². The highest BCUT2D eigenvalue weighted by Gasteiger charge is 1.92. The van der Waals surface area contributed by atoms with Crippen LogP contribution in [0, 0.1) is 0 Å². The van der Waals surface area contributed by atoms with Crippen LogP contribution in [0.3, 0.4) is 0 Å². The normalized spacial score (nSPS) is 10.3. The molecular formula is C6H12O2P+. The van der Waals surface area contributed by atoms with Gasteiger partial charge in [0.25, 0.3) is 0 Å². The zero-order valence-electron chi connectivity index (χ0n) is 5.55. The first-order valence-electron chi connectivity index (χ1n) is 3.07. The van der Waals surface area contributed by atoms with E-state index in [2.05, 4.69) is 6.92 Å². The third kappa shape index (κ3) is 7.64. The van der Waals surface area contributed by atoms with Crippen molar-refractivity contribution in [1.82, 2.24) is 0 Å². The van der Waals surface area contributed by atoms with E-state index in [-0.39, 0.29) is 0 Å². The Kier molecular flexibility index (Phi) is 5.54. The average Bonchev–Trinajstić information content (AvgIpc) is 1.80. The highest BCUT2D eigenvalue weighted by atomic mass is 31.1. The Morgan fingerprint density at radius 2 is 2.44 bits per heavy atom. The molecule has 52 valence electrons. The lowest BCUT2D eigenvalue weighted by atomic mass is 10.4. The van der Waals surface area contributed by atoms with Crippen LogP contribution in [0.4, 0.5) is 0 Å². The number of carboxylic acid groups (broad SMARTS) is 1. The second-order valence-corrected chi connectivity index (χ2v) is 2.99. The molecule has 1 atom stereocenters. The Morgan fingerprint density at radius 3 is 2.89 bits per heavy atom. The van der Waals surface area contributed by atoms with Crippen LogP contribution < -0.4 is 0 Å². The van der Waals surface area contributed by atoms with Crippen LogP contribution in [0.15, 0.2) is 0 Å². The molecule has 0 rings (SSSR count). The summed E-state index contributed by atoms with van der Waals surface area (Å²) in [7, 11) is 0.495. The fourth-order valence-corrected chi connectivity index (χ4v) is 1.31. The van der Waals surface area contributed by atoms with Gasteiger partial charge in [-0.3, -0.25) is 0 Å². The van der Waals surface area contributed by atoms with Crippen LogP contribution >= 0.6 is 8.20 Å². The quantitative estimate of drug-likeness (QED) is 0.481. The predicted octanol–water partition coefficient (Wildman–Crippen LogP) is 1.35. The first kappa shape index (κ1) is 8.64. The van der Waals surface area contributed by atoms with Gasteiger partial charge in [0.2, 0.25) is 0 Å². The summed E-state index contributed by atoms with van der Waals surface area (Å²) in [6.45, 7) is 2.10. The molecule has 0 aliphatic heterocycles. The molecule has 1 N–H and O–H groups in total. The van der Waals surface area contributed by atoms with Gasteiger partial charge in [0.15, 0.2) is 5.80 Å². The van der Waals surface area contributed by atoms with Crippen molar-refractivity contribution in [3.63, 3.8) is 0 Å². The van der Waals surface area contributed by atoms with E-state index in [4.69, 9.17) is 5.11 Å². The van der Waals surface area contributed by atoms with E-state index >= 15 is 0 Å². The van der Waals surface area contributed by atoms with E-state index in [0.717, 1.165) is 19.0 Å². The number of hydrogen-bond acceptors (Lipinski definition) is 1. The van der Waals surface area contributed by atoms with E-state index in [1.165, 1.54) is 5.80 Å². The maximum atomic E-state index is 9.91. The number of carboxylic acids is 1. The molecule has 0 radical (unpaired) electrons. The molecule has 1 unspecified atom stereocenters. The topological polar surface area (TPSA) is 37.3 Å². The monoisotopic (exact) mass is 147 g/mol. The van der Waals surface area contributed by atoms with Gasteiger partial charge >= 0.3 is 5.97 Å². The summed E-state index contributed by atoms with van der Waals surface area (Å²) >= 11 is 0. The SMILES string of the molecule is CCCC[PH+]=CC(=O)O. The summed E-state index contributed by atoms with van der Waals surface area (Å²) in [5.74, 6) is 0.555. The first-order chi connectivity index (χ1) is 4.27. The molecule has 3 heteroatoms. The molecule has 0 fully saturated rings. The molecule has 0 aromatic rings. The number of rotatable bonds is 4. The molecule has 0 heterocycles. The minimum Gasteiger partial charge on any atom is -0.475 e. The van der Waals surface area contributed by atoms with Gasteiger partial charge in [-0.2, -0.15) is 0 Å². The van der Waals surface area contributed by atoms with Gasteiger partial charge in [-0.15, -0.1) is 0 Å². The minimum atomic E-state index is -0.788. The summed E-state index contributed by atoms with van der Waals surface area (Å²) in [5, 5.41) is 8.16. The molecule has 0 bridgehead atoms. The van der Waals surface area contributed by atoms with Gasteiger partial charge < -0.3 is 5.11 Å². The predicted molar refractivity (Wildman–Crippen MR) is 41.8 cm³/mol. The summed E-state index contributed by atoms with van der Waals surface area (Å²) in [6, 6.07) is 0. The second kappa shape index (κ2) is 5.77. The highest BCUT2D eigenvalue weighted by Crippen LogP contribution is 1.98. The first-order valence-corrected chi connectivity index (χ1v) is 4.35. The van der Waals surface area contributed by atoms with E-state index in [1.807, 2.05) is 0 Å². The van der Waals surface area contributed by atoms with E-state index in [0.29, 0.717) is 8.20 Å². The lowest BCUT2D eigenvalue weighted by molar-refractivity contribution is -0.128. The van der Waals surface area contributed by atoms with Gasteiger partial charge in [-0.25, -0.2) is 4.79 Å². The lowest BCUT2D eigenvalue weighted by Crippen LogP contribution is -1.91. The zero-order valence-corrected chi connectivity index (χ0v) is 6.55. The number of hydrogen-bond donors (Lipinski definition) is 1. The van der Waals surface area contributed by atoms with Gasteiger partial charge in [-0.1, -0.05) is 13.3 Å². The number of aliphatic carboxylic acids is 1. The van der Waals surface area contributed by atoms with Crippen LogP contribution in [0.2, 0.25) is 0 Å². The Balaban J connectivity index is 3.15. The van der Waals surface area contributed by atoms with Crippen LogP contribution in [-0.2, 0) is 4.79 Å². The Bertz CT molecular complexity index is 110.